The van der Waals surface area contributed by atoms with Crippen molar-refractivity contribution in [1.29, 1.82) is 0 Å². The number of rotatable bonds is 17. The maximum Gasteiger partial charge on any atom is 0.322 e. The Kier molecular flexibility index (Phi) is 14.9. The summed E-state index contributed by atoms with van der Waals surface area (Å²) in [7, 11) is 0. The zero-order chi connectivity index (χ0) is 18.9. The molecule has 0 bridgehead atoms. The van der Waals surface area contributed by atoms with Crippen molar-refractivity contribution in [2.24, 2.45) is 0 Å². The SMILES string of the molecule is CCCCCCCCCCCCCCCCCC1NCCN1OC(C)=O. The Morgan fingerprint density at radius 2 is 1.31 bits per heavy atom. The van der Waals surface area contributed by atoms with Crippen molar-refractivity contribution < 1.29 is 9.63 Å². The van der Waals surface area contributed by atoms with Crippen LogP contribution >= 0.6 is 0 Å². The number of carbonyl (C=O) groups excluding carboxylic acids is 1. The number of nitrogens with one attached hydrogen (secondary N) is 1. The second kappa shape index (κ2) is 16.6. The van der Waals surface area contributed by atoms with Gasteiger partial charge in [-0.1, -0.05) is 103 Å². The lowest BCUT2D eigenvalue weighted by molar-refractivity contribution is -0.193. The molecule has 0 amide bonds. The predicted molar refractivity (Wildman–Crippen MR) is 110 cm³/mol. The third-order valence-corrected chi connectivity index (χ3v) is 5.39. The molecule has 0 aromatic carbocycles. The van der Waals surface area contributed by atoms with Crippen LogP contribution in [0.3, 0.4) is 0 Å². The molecule has 0 radical (unpaired) electrons. The maximum atomic E-state index is 11.1. The minimum absolute atomic E-state index is 0.213. The summed E-state index contributed by atoms with van der Waals surface area (Å²) in [6.07, 6.45) is 22.2. The lowest BCUT2D eigenvalue weighted by Gasteiger charge is -2.21. The summed E-state index contributed by atoms with van der Waals surface area (Å²) in [4.78, 5) is 16.3. The summed E-state index contributed by atoms with van der Waals surface area (Å²) in [5.41, 5.74) is 0. The molecule has 4 nitrogen and oxygen atoms in total. The fourth-order valence-electron chi connectivity index (χ4n) is 3.83. The molecule has 1 aliphatic heterocycles. The van der Waals surface area contributed by atoms with Crippen LogP contribution in [0, 0.1) is 0 Å². The van der Waals surface area contributed by atoms with E-state index in [-0.39, 0.29) is 12.1 Å². The van der Waals surface area contributed by atoms with Gasteiger partial charge in [0.15, 0.2) is 0 Å². The zero-order valence-corrected chi connectivity index (χ0v) is 17.6. The van der Waals surface area contributed by atoms with Gasteiger partial charge in [-0.15, -0.1) is 5.06 Å². The van der Waals surface area contributed by atoms with Crippen LogP contribution < -0.4 is 5.32 Å². The fraction of sp³-hybridized carbons (Fsp3) is 0.955. The van der Waals surface area contributed by atoms with Gasteiger partial charge in [-0.3, -0.25) is 10.1 Å². The molecule has 1 heterocycles. The van der Waals surface area contributed by atoms with Crippen LogP contribution in [0.25, 0.3) is 0 Å². The van der Waals surface area contributed by atoms with E-state index in [9.17, 15) is 4.79 Å². The van der Waals surface area contributed by atoms with Gasteiger partial charge in [-0.05, 0) is 6.42 Å². The molecule has 4 heteroatoms. The van der Waals surface area contributed by atoms with Crippen LogP contribution in [-0.2, 0) is 9.63 Å². The van der Waals surface area contributed by atoms with E-state index in [1.165, 1.54) is 103 Å². The Balaban J connectivity index is 1.79. The number of hydrogen-bond acceptors (Lipinski definition) is 4. The van der Waals surface area contributed by atoms with Crippen molar-refractivity contribution in [3.05, 3.63) is 0 Å². The van der Waals surface area contributed by atoms with E-state index < -0.39 is 0 Å². The number of hydrogen-bond donors (Lipinski definition) is 1. The third kappa shape index (κ3) is 12.7. The number of carbonyl (C=O) groups is 1. The first-order chi connectivity index (χ1) is 12.7. The first-order valence-corrected chi connectivity index (χ1v) is 11.4. The molecule has 0 saturated carbocycles. The lowest BCUT2D eigenvalue weighted by Crippen LogP contribution is -2.36. The minimum atomic E-state index is -0.213. The molecule has 1 fully saturated rings. The summed E-state index contributed by atoms with van der Waals surface area (Å²) in [6, 6.07) is 0. The van der Waals surface area contributed by atoms with Crippen molar-refractivity contribution in [2.75, 3.05) is 13.1 Å². The Labute approximate surface area is 162 Å². The summed E-state index contributed by atoms with van der Waals surface area (Å²) in [5.74, 6) is -0.213. The Bertz CT molecular complexity index is 336. The smallest absolute Gasteiger partial charge is 0.322 e. The minimum Gasteiger partial charge on any atom is -0.367 e. The highest BCUT2D eigenvalue weighted by atomic mass is 16.7. The van der Waals surface area contributed by atoms with Gasteiger partial charge in [0, 0.05) is 20.0 Å². The highest BCUT2D eigenvalue weighted by Crippen LogP contribution is 2.16. The van der Waals surface area contributed by atoms with Crippen LogP contribution in [-0.4, -0.2) is 30.3 Å². The van der Waals surface area contributed by atoms with E-state index in [4.69, 9.17) is 4.84 Å². The van der Waals surface area contributed by atoms with Crippen LogP contribution in [0.15, 0.2) is 0 Å². The molecule has 154 valence electrons. The van der Waals surface area contributed by atoms with Gasteiger partial charge in [0.1, 0.15) is 0 Å². The number of hydroxylamine groups is 2. The van der Waals surface area contributed by atoms with Gasteiger partial charge in [-0.25, -0.2) is 0 Å². The van der Waals surface area contributed by atoms with E-state index in [2.05, 4.69) is 12.2 Å². The summed E-state index contributed by atoms with van der Waals surface area (Å²) in [5, 5.41) is 5.22. The van der Waals surface area contributed by atoms with Gasteiger partial charge >= 0.3 is 5.97 Å². The molecule has 1 atom stereocenters. The second-order valence-electron chi connectivity index (χ2n) is 7.93. The topological polar surface area (TPSA) is 41.6 Å². The Morgan fingerprint density at radius 1 is 0.846 bits per heavy atom. The number of nitrogens with zero attached hydrogens (tertiary/aromatic N) is 1. The Hall–Kier alpha value is -0.610. The first-order valence-electron chi connectivity index (χ1n) is 11.4. The first kappa shape index (κ1) is 23.4. The molecule has 1 saturated heterocycles. The van der Waals surface area contributed by atoms with Gasteiger partial charge in [0.05, 0.1) is 6.17 Å². The van der Waals surface area contributed by atoms with Crippen molar-refractivity contribution >= 4 is 5.97 Å². The maximum absolute atomic E-state index is 11.1. The van der Waals surface area contributed by atoms with Crippen molar-refractivity contribution in [3.63, 3.8) is 0 Å². The van der Waals surface area contributed by atoms with Crippen LogP contribution in [0.2, 0.25) is 0 Å². The van der Waals surface area contributed by atoms with E-state index in [0.717, 1.165) is 19.5 Å². The highest BCUT2D eigenvalue weighted by molar-refractivity contribution is 5.65. The molecular weight excluding hydrogens is 324 g/mol. The van der Waals surface area contributed by atoms with E-state index in [1.807, 2.05) is 5.06 Å². The van der Waals surface area contributed by atoms with Gasteiger partial charge in [-0.2, -0.15) is 0 Å². The number of unbranched alkanes of at least 4 members (excludes halogenated alkanes) is 14. The van der Waals surface area contributed by atoms with Crippen LogP contribution in [0.4, 0.5) is 0 Å². The van der Waals surface area contributed by atoms with E-state index in [0.29, 0.717) is 0 Å². The highest BCUT2D eigenvalue weighted by Gasteiger charge is 2.25. The quantitative estimate of drug-likeness (QED) is 0.322. The monoisotopic (exact) mass is 368 g/mol. The van der Waals surface area contributed by atoms with Gasteiger partial charge in [0.25, 0.3) is 0 Å². The molecular formula is C22H44N2O2. The van der Waals surface area contributed by atoms with E-state index in [1.54, 1.807) is 0 Å². The van der Waals surface area contributed by atoms with E-state index >= 15 is 0 Å². The average Bonchev–Trinajstić information content (AvgIpc) is 3.04. The zero-order valence-electron chi connectivity index (χ0n) is 17.6. The summed E-state index contributed by atoms with van der Waals surface area (Å²) >= 11 is 0. The molecule has 1 rings (SSSR count). The largest absolute Gasteiger partial charge is 0.367 e. The summed E-state index contributed by atoms with van der Waals surface area (Å²) < 4.78 is 0. The molecule has 0 aromatic rings. The molecule has 0 aromatic heterocycles. The van der Waals surface area contributed by atoms with Crippen molar-refractivity contribution in [1.82, 2.24) is 10.4 Å². The molecule has 1 aliphatic rings. The normalized spacial score (nSPS) is 17.7. The second-order valence-corrected chi connectivity index (χ2v) is 7.93. The molecule has 26 heavy (non-hydrogen) atoms. The molecule has 1 N–H and O–H groups in total. The summed E-state index contributed by atoms with van der Waals surface area (Å²) in [6.45, 7) is 5.48. The van der Waals surface area contributed by atoms with Gasteiger partial charge < -0.3 is 4.84 Å². The predicted octanol–water partition coefficient (Wildman–Crippen LogP) is 5.96. The average molecular weight is 369 g/mol. The van der Waals surface area contributed by atoms with Crippen LogP contribution in [0.1, 0.15) is 117 Å². The van der Waals surface area contributed by atoms with Gasteiger partial charge in [0.2, 0.25) is 0 Å². The Morgan fingerprint density at radius 3 is 1.77 bits per heavy atom. The van der Waals surface area contributed by atoms with Crippen molar-refractivity contribution in [2.45, 2.75) is 123 Å². The molecule has 0 aliphatic carbocycles. The fourth-order valence-corrected chi connectivity index (χ4v) is 3.83. The molecule has 1 unspecified atom stereocenters. The standard InChI is InChI=1S/C22H44N2O2/c1-3-4-5-6-7-8-9-10-11-12-13-14-15-16-17-18-22-23-19-20-24(22)26-21(2)25/h22-23H,3-20H2,1-2H3. The van der Waals surface area contributed by atoms with Crippen molar-refractivity contribution in [3.8, 4) is 0 Å². The third-order valence-electron chi connectivity index (χ3n) is 5.39. The van der Waals surface area contributed by atoms with Crippen LogP contribution in [0.5, 0.6) is 0 Å². The molecule has 0 spiro atoms. The lowest BCUT2D eigenvalue weighted by atomic mass is 10.0.